The summed E-state index contributed by atoms with van der Waals surface area (Å²) in [7, 11) is 0. The van der Waals surface area contributed by atoms with Gasteiger partial charge < -0.3 is 14.2 Å². The largest absolute Gasteiger partial charge is 0.479 e. The minimum atomic E-state index is -0.683. The minimum Gasteiger partial charge on any atom is -0.479 e. The molecule has 11 heteroatoms. The molecule has 4 rings (SSSR count). The highest BCUT2D eigenvalue weighted by Crippen LogP contribution is 2.35. The molecule has 1 aliphatic heterocycles. The van der Waals surface area contributed by atoms with E-state index in [1.165, 1.54) is 15.9 Å². The van der Waals surface area contributed by atoms with E-state index < -0.39 is 18.0 Å². The highest BCUT2D eigenvalue weighted by atomic mass is 79.9. The number of hydrogen-bond acceptors (Lipinski definition) is 8. The second-order valence-electron chi connectivity index (χ2n) is 8.62. The number of thiazole rings is 1. The maximum absolute atomic E-state index is 13.8. The molecule has 2 heterocycles. The molecule has 0 spiro atoms. The van der Waals surface area contributed by atoms with Crippen LogP contribution in [0.25, 0.3) is 6.08 Å². The number of carbonyl (C=O) groups excluding carboxylic acids is 2. The Morgan fingerprint density at radius 3 is 2.46 bits per heavy atom. The zero-order valence-corrected chi connectivity index (χ0v) is 24.9. The van der Waals surface area contributed by atoms with Crippen LogP contribution < -0.4 is 19.6 Å². The van der Waals surface area contributed by atoms with E-state index in [1.54, 1.807) is 39.0 Å². The van der Waals surface area contributed by atoms with E-state index >= 15 is 0 Å². The summed E-state index contributed by atoms with van der Waals surface area (Å²) in [5, 5.41) is 0.255. The second-order valence-corrected chi connectivity index (χ2v) is 10.9. The van der Waals surface area contributed by atoms with Crippen molar-refractivity contribution in [3.05, 3.63) is 93.5 Å². The lowest BCUT2D eigenvalue weighted by atomic mass is 9.95. The first-order chi connectivity index (χ1) is 18.6. The summed E-state index contributed by atoms with van der Waals surface area (Å²) < 4.78 is 18.2. The standard InChI is InChI=1S/C28H26BrClN2O6S/c1-5-36-22(33)14-38-25-19(29)11-17(12-20(25)30)13-21-26(34)32-24(18-9-7-15(3)8-10-18)23(27(35)37-6-2)16(4)31-28(32)39-21/h7-13,24H,5-6,14H2,1-4H3/b21-13+/t24-/m0/s1. The number of aryl methyl sites for hydroxylation is 1. The molecular formula is C28H26BrClN2O6S. The van der Waals surface area contributed by atoms with E-state index in [-0.39, 0.29) is 36.2 Å². The molecule has 2 aromatic carbocycles. The van der Waals surface area contributed by atoms with E-state index in [0.717, 1.165) is 11.1 Å². The van der Waals surface area contributed by atoms with Crippen molar-refractivity contribution in [3.8, 4) is 5.75 Å². The van der Waals surface area contributed by atoms with Gasteiger partial charge in [-0.25, -0.2) is 14.6 Å². The quantitative estimate of drug-likeness (QED) is 0.340. The molecule has 0 saturated heterocycles. The second kappa shape index (κ2) is 12.3. The van der Waals surface area contributed by atoms with Gasteiger partial charge in [-0.05, 0) is 73.0 Å². The first kappa shape index (κ1) is 28.8. The first-order valence-electron chi connectivity index (χ1n) is 12.2. The van der Waals surface area contributed by atoms with Crippen molar-refractivity contribution >= 4 is 56.9 Å². The van der Waals surface area contributed by atoms with Crippen LogP contribution in [0.3, 0.4) is 0 Å². The summed E-state index contributed by atoms with van der Waals surface area (Å²) in [6.07, 6.45) is 1.70. The number of carbonyl (C=O) groups is 2. The van der Waals surface area contributed by atoms with Gasteiger partial charge in [-0.2, -0.15) is 0 Å². The topological polar surface area (TPSA) is 96.2 Å². The van der Waals surface area contributed by atoms with Gasteiger partial charge in [0.05, 0.1) is 44.6 Å². The highest BCUT2D eigenvalue weighted by molar-refractivity contribution is 9.10. The summed E-state index contributed by atoms with van der Waals surface area (Å²) in [6, 6.07) is 10.4. The zero-order valence-electron chi connectivity index (χ0n) is 21.7. The van der Waals surface area contributed by atoms with Crippen LogP contribution in [0.1, 0.15) is 43.5 Å². The molecule has 0 unspecified atom stereocenters. The molecule has 1 aliphatic rings. The molecule has 204 valence electrons. The van der Waals surface area contributed by atoms with Gasteiger partial charge in [-0.1, -0.05) is 52.8 Å². The Labute approximate surface area is 242 Å². The van der Waals surface area contributed by atoms with E-state index in [4.69, 9.17) is 25.8 Å². The van der Waals surface area contributed by atoms with Crippen LogP contribution in [0.5, 0.6) is 5.75 Å². The van der Waals surface area contributed by atoms with Crippen LogP contribution in [-0.2, 0) is 19.1 Å². The molecule has 0 aliphatic carbocycles. The van der Waals surface area contributed by atoms with E-state index in [0.29, 0.717) is 30.6 Å². The Morgan fingerprint density at radius 1 is 1.13 bits per heavy atom. The lowest BCUT2D eigenvalue weighted by Crippen LogP contribution is -2.39. The molecule has 39 heavy (non-hydrogen) atoms. The molecule has 1 atom stereocenters. The number of fused-ring (bicyclic) bond motifs is 1. The van der Waals surface area contributed by atoms with Gasteiger partial charge in [0.1, 0.15) is 0 Å². The van der Waals surface area contributed by atoms with E-state index in [9.17, 15) is 14.4 Å². The van der Waals surface area contributed by atoms with Crippen molar-refractivity contribution in [2.75, 3.05) is 19.8 Å². The normalized spacial score (nSPS) is 15.0. The summed E-state index contributed by atoms with van der Waals surface area (Å²) in [6.45, 7) is 7.33. The monoisotopic (exact) mass is 632 g/mol. The molecule has 0 amide bonds. The maximum Gasteiger partial charge on any atom is 0.344 e. The third-order valence-electron chi connectivity index (χ3n) is 5.87. The van der Waals surface area contributed by atoms with Gasteiger partial charge in [-0.15, -0.1) is 0 Å². The fraction of sp³-hybridized carbons (Fsp3) is 0.286. The number of benzene rings is 2. The van der Waals surface area contributed by atoms with E-state index in [2.05, 4.69) is 20.9 Å². The fourth-order valence-electron chi connectivity index (χ4n) is 4.14. The van der Waals surface area contributed by atoms with Crippen molar-refractivity contribution in [2.45, 2.75) is 33.7 Å². The highest BCUT2D eigenvalue weighted by Gasteiger charge is 2.33. The van der Waals surface area contributed by atoms with Crippen LogP contribution >= 0.6 is 38.9 Å². The van der Waals surface area contributed by atoms with Crippen molar-refractivity contribution in [2.24, 2.45) is 4.99 Å². The van der Waals surface area contributed by atoms with Gasteiger partial charge in [0.15, 0.2) is 17.2 Å². The van der Waals surface area contributed by atoms with Crippen LogP contribution in [0.4, 0.5) is 0 Å². The number of halogens is 2. The Morgan fingerprint density at radius 2 is 1.82 bits per heavy atom. The average molecular weight is 634 g/mol. The summed E-state index contributed by atoms with van der Waals surface area (Å²) in [4.78, 5) is 43.5. The summed E-state index contributed by atoms with van der Waals surface area (Å²) in [5.41, 5.74) is 3.00. The number of nitrogens with zero attached hydrogens (tertiary/aromatic N) is 2. The van der Waals surface area contributed by atoms with Crippen molar-refractivity contribution in [3.63, 3.8) is 0 Å². The molecular weight excluding hydrogens is 608 g/mol. The van der Waals surface area contributed by atoms with Gasteiger partial charge in [-0.3, -0.25) is 9.36 Å². The molecule has 0 fully saturated rings. The first-order valence-corrected chi connectivity index (χ1v) is 14.2. The van der Waals surface area contributed by atoms with Gasteiger partial charge in [0.25, 0.3) is 5.56 Å². The smallest absolute Gasteiger partial charge is 0.344 e. The zero-order chi connectivity index (χ0) is 28.3. The Hall–Kier alpha value is -3.21. The Balaban J connectivity index is 1.80. The summed E-state index contributed by atoms with van der Waals surface area (Å²) >= 11 is 11.1. The number of rotatable bonds is 8. The third-order valence-corrected chi connectivity index (χ3v) is 7.72. The van der Waals surface area contributed by atoms with Crippen molar-refractivity contribution in [1.82, 2.24) is 4.57 Å². The van der Waals surface area contributed by atoms with Crippen molar-refractivity contribution in [1.29, 1.82) is 0 Å². The molecule has 1 aromatic heterocycles. The molecule has 0 radical (unpaired) electrons. The number of allylic oxidation sites excluding steroid dienone is 1. The van der Waals surface area contributed by atoms with Crippen molar-refractivity contribution < 1.29 is 23.8 Å². The molecule has 8 nitrogen and oxygen atoms in total. The number of hydrogen-bond donors (Lipinski definition) is 0. The van der Waals surface area contributed by atoms with Crippen LogP contribution in [0.2, 0.25) is 5.02 Å². The Bertz CT molecular complexity index is 1620. The van der Waals surface area contributed by atoms with Crippen LogP contribution in [0, 0.1) is 6.92 Å². The molecule has 0 bridgehead atoms. The van der Waals surface area contributed by atoms with Gasteiger partial charge in [0.2, 0.25) is 0 Å². The summed E-state index contributed by atoms with van der Waals surface area (Å²) in [5.74, 6) is -0.726. The lowest BCUT2D eigenvalue weighted by Gasteiger charge is -2.24. The number of esters is 2. The molecule has 0 saturated carbocycles. The molecule has 0 N–H and O–H groups in total. The predicted molar refractivity (Wildman–Crippen MR) is 153 cm³/mol. The van der Waals surface area contributed by atoms with Gasteiger partial charge >= 0.3 is 11.9 Å². The van der Waals surface area contributed by atoms with E-state index in [1.807, 2.05) is 31.2 Å². The molecule has 3 aromatic rings. The fourth-order valence-corrected chi connectivity index (χ4v) is 6.18. The third kappa shape index (κ3) is 6.18. The number of ether oxygens (including phenoxy) is 3. The maximum atomic E-state index is 13.8. The van der Waals surface area contributed by atoms with Gasteiger partial charge in [0, 0.05) is 0 Å². The average Bonchev–Trinajstić information content (AvgIpc) is 3.17. The minimum absolute atomic E-state index is 0.204. The lowest BCUT2D eigenvalue weighted by molar-refractivity contribution is -0.145. The number of aromatic nitrogens is 1. The van der Waals surface area contributed by atoms with Crippen LogP contribution in [0.15, 0.2) is 61.9 Å². The Kier molecular flexibility index (Phi) is 9.09. The van der Waals surface area contributed by atoms with Crippen LogP contribution in [-0.4, -0.2) is 36.3 Å². The SMILES string of the molecule is CCOC(=O)COc1c(Cl)cc(/C=c2/sc3n(c2=O)[C@@H](c2ccc(C)cc2)C(C(=O)OCC)=C(C)N=3)cc1Br. The predicted octanol–water partition coefficient (Wildman–Crippen LogP) is 4.46.